The highest BCUT2D eigenvalue weighted by atomic mass is 19.1. The highest BCUT2D eigenvalue weighted by molar-refractivity contribution is 5.94. The molecule has 3 nitrogen and oxygen atoms in total. The third-order valence-electron chi connectivity index (χ3n) is 3.61. The molecule has 0 radical (unpaired) electrons. The minimum atomic E-state index is -0.245. The van der Waals surface area contributed by atoms with Crippen LogP contribution in [0, 0.1) is 11.7 Å². The van der Waals surface area contributed by atoms with E-state index in [0.717, 1.165) is 38.8 Å². The second-order valence-corrected chi connectivity index (χ2v) is 5.12. The lowest BCUT2D eigenvalue weighted by Gasteiger charge is -2.18. The van der Waals surface area contributed by atoms with Crippen molar-refractivity contribution in [3.05, 3.63) is 24.0 Å². The van der Waals surface area contributed by atoms with Gasteiger partial charge in [-0.3, -0.25) is 4.79 Å². The van der Waals surface area contributed by atoms with E-state index in [1.54, 1.807) is 12.1 Å². The summed E-state index contributed by atoms with van der Waals surface area (Å²) in [6.45, 7) is 1.84. The van der Waals surface area contributed by atoms with Gasteiger partial charge in [0.25, 0.3) is 0 Å². The number of carbonyl (C=O) groups excluding carboxylic acids is 1. The van der Waals surface area contributed by atoms with Gasteiger partial charge in [-0.05, 0) is 43.9 Å². The quantitative estimate of drug-likeness (QED) is 0.892. The first-order valence-corrected chi connectivity index (χ1v) is 6.59. The first-order chi connectivity index (χ1) is 8.74. The Bertz CT molecular complexity index is 465. The molecule has 0 spiro atoms. The Kier molecular flexibility index (Phi) is 2.94. The second-order valence-electron chi connectivity index (χ2n) is 5.12. The van der Waals surface area contributed by atoms with Crippen molar-refractivity contribution in [3.8, 4) is 0 Å². The number of hydrogen-bond donors (Lipinski definition) is 1. The van der Waals surface area contributed by atoms with E-state index in [-0.39, 0.29) is 17.6 Å². The van der Waals surface area contributed by atoms with Gasteiger partial charge >= 0.3 is 0 Å². The molecule has 1 N–H and O–H groups in total. The fraction of sp³-hybridized carbons (Fsp3) is 0.500. The Morgan fingerprint density at radius 2 is 2.00 bits per heavy atom. The molecular weight excluding hydrogens is 231 g/mol. The third-order valence-corrected chi connectivity index (χ3v) is 3.61. The normalized spacial score (nSPS) is 19.1. The van der Waals surface area contributed by atoms with Crippen LogP contribution >= 0.6 is 0 Å². The lowest BCUT2D eigenvalue weighted by molar-refractivity contribution is -0.117. The molecule has 96 valence electrons. The van der Waals surface area contributed by atoms with Crippen LogP contribution in [0.3, 0.4) is 0 Å². The molecule has 2 aliphatic rings. The van der Waals surface area contributed by atoms with E-state index in [9.17, 15) is 9.18 Å². The molecule has 1 saturated carbocycles. The van der Waals surface area contributed by atoms with Gasteiger partial charge in [0.1, 0.15) is 5.82 Å². The van der Waals surface area contributed by atoms with Crippen molar-refractivity contribution in [2.24, 2.45) is 5.92 Å². The average molecular weight is 248 g/mol. The van der Waals surface area contributed by atoms with Gasteiger partial charge in [0.15, 0.2) is 0 Å². The van der Waals surface area contributed by atoms with Gasteiger partial charge in [-0.25, -0.2) is 4.39 Å². The molecule has 1 aromatic carbocycles. The van der Waals surface area contributed by atoms with E-state index < -0.39 is 0 Å². The molecule has 1 heterocycles. The molecule has 18 heavy (non-hydrogen) atoms. The minimum absolute atomic E-state index is 0.0170. The smallest absolute Gasteiger partial charge is 0.227 e. The molecule has 0 unspecified atom stereocenters. The summed E-state index contributed by atoms with van der Waals surface area (Å²) in [5.74, 6) is -0.0832. The van der Waals surface area contributed by atoms with Crippen molar-refractivity contribution >= 4 is 17.3 Å². The number of nitrogens with one attached hydrogen (secondary N) is 1. The van der Waals surface area contributed by atoms with Crippen LogP contribution in [0.1, 0.15) is 25.7 Å². The molecule has 3 rings (SSSR count). The van der Waals surface area contributed by atoms with Crippen LogP contribution in [0.5, 0.6) is 0 Å². The van der Waals surface area contributed by atoms with Crippen molar-refractivity contribution in [1.29, 1.82) is 0 Å². The number of amides is 1. The van der Waals surface area contributed by atoms with Gasteiger partial charge in [0.05, 0.1) is 5.69 Å². The summed E-state index contributed by atoms with van der Waals surface area (Å²) in [6.07, 6.45) is 4.17. The van der Waals surface area contributed by atoms with E-state index >= 15 is 0 Å². The summed E-state index contributed by atoms with van der Waals surface area (Å²) in [4.78, 5) is 13.6. The third kappa shape index (κ3) is 2.33. The van der Waals surface area contributed by atoms with Gasteiger partial charge < -0.3 is 10.2 Å². The van der Waals surface area contributed by atoms with Gasteiger partial charge in [0, 0.05) is 24.7 Å². The van der Waals surface area contributed by atoms with Crippen molar-refractivity contribution in [1.82, 2.24) is 0 Å². The zero-order valence-corrected chi connectivity index (χ0v) is 10.3. The van der Waals surface area contributed by atoms with Crippen LogP contribution < -0.4 is 10.2 Å². The van der Waals surface area contributed by atoms with E-state index in [4.69, 9.17) is 0 Å². The zero-order valence-electron chi connectivity index (χ0n) is 10.3. The SMILES string of the molecule is O=C(Nc1ccc(N2CCCC2)c(F)c1)C1CC1. The van der Waals surface area contributed by atoms with Gasteiger partial charge in [-0.1, -0.05) is 0 Å². The molecule has 1 aromatic rings. The fourth-order valence-corrected chi connectivity index (χ4v) is 2.39. The number of benzene rings is 1. The van der Waals surface area contributed by atoms with E-state index in [2.05, 4.69) is 10.2 Å². The first kappa shape index (κ1) is 11.5. The number of nitrogens with zero attached hydrogens (tertiary/aromatic N) is 1. The first-order valence-electron chi connectivity index (χ1n) is 6.59. The number of carbonyl (C=O) groups is 1. The van der Waals surface area contributed by atoms with Crippen molar-refractivity contribution in [2.75, 3.05) is 23.3 Å². The Morgan fingerprint density at radius 3 is 2.61 bits per heavy atom. The summed E-state index contributed by atoms with van der Waals surface area (Å²) in [7, 11) is 0. The second kappa shape index (κ2) is 4.59. The molecule has 1 aliphatic carbocycles. The molecule has 4 heteroatoms. The zero-order chi connectivity index (χ0) is 12.5. The summed E-state index contributed by atoms with van der Waals surface area (Å²) < 4.78 is 14.0. The fourth-order valence-electron chi connectivity index (χ4n) is 2.39. The average Bonchev–Trinajstić information content (AvgIpc) is 3.07. The predicted molar refractivity (Wildman–Crippen MR) is 69.2 cm³/mol. The summed E-state index contributed by atoms with van der Waals surface area (Å²) in [5.41, 5.74) is 1.21. The maximum absolute atomic E-state index is 14.0. The van der Waals surface area contributed by atoms with E-state index in [1.807, 2.05) is 0 Å². The minimum Gasteiger partial charge on any atom is -0.369 e. The number of rotatable bonds is 3. The monoisotopic (exact) mass is 248 g/mol. The predicted octanol–water partition coefficient (Wildman–Crippen LogP) is 2.77. The molecule has 2 fully saturated rings. The molecule has 1 saturated heterocycles. The maximum Gasteiger partial charge on any atom is 0.227 e. The van der Waals surface area contributed by atoms with Gasteiger partial charge in [0.2, 0.25) is 5.91 Å². The van der Waals surface area contributed by atoms with Crippen molar-refractivity contribution < 1.29 is 9.18 Å². The van der Waals surface area contributed by atoms with Crippen LogP contribution in [0.4, 0.5) is 15.8 Å². The van der Waals surface area contributed by atoms with Gasteiger partial charge in [-0.2, -0.15) is 0 Å². The summed E-state index contributed by atoms with van der Waals surface area (Å²) >= 11 is 0. The van der Waals surface area contributed by atoms with Crippen LogP contribution in [0.25, 0.3) is 0 Å². The Balaban J connectivity index is 1.73. The van der Waals surface area contributed by atoms with Crippen LogP contribution in [0.2, 0.25) is 0 Å². The van der Waals surface area contributed by atoms with Crippen LogP contribution in [-0.4, -0.2) is 19.0 Å². The number of halogens is 1. The summed E-state index contributed by atoms with van der Waals surface area (Å²) in [5, 5.41) is 2.77. The molecule has 1 aliphatic heterocycles. The molecule has 0 aromatic heterocycles. The Hall–Kier alpha value is -1.58. The number of anilines is 2. The molecule has 0 bridgehead atoms. The topological polar surface area (TPSA) is 32.3 Å². The van der Waals surface area contributed by atoms with Crippen molar-refractivity contribution in [3.63, 3.8) is 0 Å². The Labute approximate surface area is 106 Å². The lowest BCUT2D eigenvalue weighted by atomic mass is 10.2. The molecular formula is C14H17FN2O. The summed E-state index contributed by atoms with van der Waals surface area (Å²) in [6, 6.07) is 4.98. The molecule has 0 atom stereocenters. The standard InChI is InChI=1S/C14H17FN2O/c15-12-9-11(16-14(18)10-3-4-10)5-6-13(12)17-7-1-2-8-17/h5-6,9-10H,1-4,7-8H2,(H,16,18). The number of hydrogen-bond acceptors (Lipinski definition) is 2. The van der Waals surface area contributed by atoms with Crippen molar-refractivity contribution in [2.45, 2.75) is 25.7 Å². The highest BCUT2D eigenvalue weighted by Crippen LogP contribution is 2.31. The van der Waals surface area contributed by atoms with E-state index in [0.29, 0.717) is 11.4 Å². The van der Waals surface area contributed by atoms with E-state index in [1.165, 1.54) is 6.07 Å². The maximum atomic E-state index is 14.0. The largest absolute Gasteiger partial charge is 0.369 e. The Morgan fingerprint density at radius 1 is 1.28 bits per heavy atom. The highest BCUT2D eigenvalue weighted by Gasteiger charge is 2.29. The van der Waals surface area contributed by atoms with Crippen LogP contribution in [-0.2, 0) is 4.79 Å². The lowest BCUT2D eigenvalue weighted by Crippen LogP contribution is -2.19. The molecule has 1 amide bonds. The van der Waals surface area contributed by atoms with Gasteiger partial charge in [-0.15, -0.1) is 0 Å². The van der Waals surface area contributed by atoms with Crippen LogP contribution in [0.15, 0.2) is 18.2 Å².